The van der Waals surface area contributed by atoms with Gasteiger partial charge >= 0.3 is 0 Å². The highest BCUT2D eigenvalue weighted by molar-refractivity contribution is 5.08. The van der Waals surface area contributed by atoms with E-state index >= 15 is 0 Å². The molecule has 100 valence electrons. The summed E-state index contributed by atoms with van der Waals surface area (Å²) < 4.78 is 5.66. The van der Waals surface area contributed by atoms with E-state index in [1.807, 2.05) is 12.4 Å². The lowest BCUT2D eigenvalue weighted by atomic mass is 10.0. The minimum Gasteiger partial charge on any atom is -0.378 e. The Morgan fingerprint density at radius 3 is 2.94 bits per heavy atom. The zero-order chi connectivity index (χ0) is 12.6. The smallest absolute Gasteiger partial charge is 0.115 e. The topological polar surface area (TPSA) is 47.0 Å². The van der Waals surface area contributed by atoms with Crippen molar-refractivity contribution in [1.82, 2.24) is 15.3 Å². The molecule has 0 saturated carbocycles. The Balaban J connectivity index is 1.79. The standard InChI is InChI=1S/C14H23N3O/c1-2-17-14(12-9-15-11-16-10-12)7-3-5-13-6-4-8-18-13/h9-11,13-14,17H,2-8H2,1H3. The molecule has 0 amide bonds. The van der Waals surface area contributed by atoms with Gasteiger partial charge in [0.05, 0.1) is 6.10 Å². The Kier molecular flexibility index (Phi) is 5.55. The van der Waals surface area contributed by atoms with Gasteiger partial charge in [0.1, 0.15) is 6.33 Å². The third kappa shape index (κ3) is 4.03. The first-order valence-electron chi connectivity index (χ1n) is 7.00. The van der Waals surface area contributed by atoms with Crippen LogP contribution in [-0.2, 0) is 4.74 Å². The minimum absolute atomic E-state index is 0.373. The molecule has 1 aliphatic rings. The summed E-state index contributed by atoms with van der Waals surface area (Å²) in [6, 6.07) is 0.373. The third-order valence-corrected chi connectivity index (χ3v) is 3.48. The maximum Gasteiger partial charge on any atom is 0.115 e. The van der Waals surface area contributed by atoms with Crippen LogP contribution in [-0.4, -0.2) is 29.2 Å². The van der Waals surface area contributed by atoms with Crippen molar-refractivity contribution >= 4 is 0 Å². The second kappa shape index (κ2) is 7.44. The lowest BCUT2D eigenvalue weighted by molar-refractivity contribution is 0.101. The van der Waals surface area contributed by atoms with Crippen molar-refractivity contribution in [3.8, 4) is 0 Å². The van der Waals surface area contributed by atoms with Gasteiger partial charge in [-0.25, -0.2) is 9.97 Å². The third-order valence-electron chi connectivity index (χ3n) is 3.48. The van der Waals surface area contributed by atoms with E-state index in [4.69, 9.17) is 4.74 Å². The molecule has 1 N–H and O–H groups in total. The van der Waals surface area contributed by atoms with Crippen LogP contribution in [0, 0.1) is 0 Å². The molecule has 0 spiro atoms. The van der Waals surface area contributed by atoms with E-state index in [9.17, 15) is 0 Å². The molecule has 4 nitrogen and oxygen atoms in total. The van der Waals surface area contributed by atoms with E-state index in [0.29, 0.717) is 12.1 Å². The predicted molar refractivity (Wildman–Crippen MR) is 71.3 cm³/mol. The zero-order valence-corrected chi connectivity index (χ0v) is 11.1. The molecule has 0 aromatic carbocycles. The SMILES string of the molecule is CCNC(CCCC1CCCO1)c1cncnc1. The van der Waals surface area contributed by atoms with Crippen LogP contribution in [0.2, 0.25) is 0 Å². The molecular weight excluding hydrogens is 226 g/mol. The Morgan fingerprint density at radius 1 is 1.44 bits per heavy atom. The van der Waals surface area contributed by atoms with Gasteiger partial charge in [0, 0.05) is 30.6 Å². The molecule has 1 aromatic heterocycles. The van der Waals surface area contributed by atoms with Crippen LogP contribution >= 0.6 is 0 Å². The summed E-state index contributed by atoms with van der Waals surface area (Å²) in [6.45, 7) is 4.06. The van der Waals surface area contributed by atoms with E-state index in [1.54, 1.807) is 6.33 Å². The fourth-order valence-corrected chi connectivity index (χ4v) is 2.55. The van der Waals surface area contributed by atoms with Crippen molar-refractivity contribution in [3.63, 3.8) is 0 Å². The van der Waals surface area contributed by atoms with Gasteiger partial charge in [0.15, 0.2) is 0 Å². The van der Waals surface area contributed by atoms with Crippen LogP contribution in [0.5, 0.6) is 0 Å². The van der Waals surface area contributed by atoms with Crippen molar-refractivity contribution in [1.29, 1.82) is 0 Å². The number of ether oxygens (including phenoxy) is 1. The molecule has 4 heteroatoms. The van der Waals surface area contributed by atoms with Gasteiger partial charge < -0.3 is 10.1 Å². The van der Waals surface area contributed by atoms with Crippen molar-refractivity contribution < 1.29 is 4.74 Å². The second-order valence-corrected chi connectivity index (χ2v) is 4.85. The van der Waals surface area contributed by atoms with Crippen LogP contribution in [0.15, 0.2) is 18.7 Å². The number of nitrogens with one attached hydrogen (secondary N) is 1. The average molecular weight is 249 g/mol. The van der Waals surface area contributed by atoms with Gasteiger partial charge in [-0.2, -0.15) is 0 Å². The largest absolute Gasteiger partial charge is 0.378 e. The maximum absolute atomic E-state index is 5.66. The molecule has 18 heavy (non-hydrogen) atoms. The molecule has 2 heterocycles. The molecule has 2 atom stereocenters. The van der Waals surface area contributed by atoms with E-state index in [2.05, 4.69) is 22.2 Å². The van der Waals surface area contributed by atoms with Crippen molar-refractivity contribution in [2.75, 3.05) is 13.2 Å². The molecular formula is C14H23N3O. The first-order chi connectivity index (χ1) is 8.90. The van der Waals surface area contributed by atoms with Crippen LogP contribution < -0.4 is 5.32 Å². The highest BCUT2D eigenvalue weighted by atomic mass is 16.5. The van der Waals surface area contributed by atoms with E-state index < -0.39 is 0 Å². The van der Waals surface area contributed by atoms with Gasteiger partial charge in [-0.05, 0) is 38.6 Å². The highest BCUT2D eigenvalue weighted by Crippen LogP contribution is 2.22. The molecule has 0 bridgehead atoms. The summed E-state index contributed by atoms with van der Waals surface area (Å²) in [5, 5.41) is 3.50. The molecule has 1 fully saturated rings. The average Bonchev–Trinajstić information content (AvgIpc) is 2.92. The first kappa shape index (κ1) is 13.4. The molecule has 1 saturated heterocycles. The van der Waals surface area contributed by atoms with Gasteiger partial charge in [0.2, 0.25) is 0 Å². The van der Waals surface area contributed by atoms with Gasteiger partial charge in [-0.1, -0.05) is 6.92 Å². The predicted octanol–water partition coefficient (Wildman–Crippen LogP) is 2.48. The summed E-state index contributed by atoms with van der Waals surface area (Å²) in [5.74, 6) is 0. The summed E-state index contributed by atoms with van der Waals surface area (Å²) >= 11 is 0. The number of hydrogen-bond acceptors (Lipinski definition) is 4. The molecule has 1 aliphatic heterocycles. The maximum atomic E-state index is 5.66. The number of nitrogens with zero attached hydrogens (tertiary/aromatic N) is 2. The lowest BCUT2D eigenvalue weighted by Gasteiger charge is -2.18. The van der Waals surface area contributed by atoms with Gasteiger partial charge in [0.25, 0.3) is 0 Å². The van der Waals surface area contributed by atoms with E-state index in [1.165, 1.54) is 31.2 Å². The Hall–Kier alpha value is -1.00. The van der Waals surface area contributed by atoms with E-state index in [0.717, 1.165) is 19.6 Å². The van der Waals surface area contributed by atoms with Gasteiger partial charge in [-0.3, -0.25) is 0 Å². The molecule has 1 aromatic rings. The van der Waals surface area contributed by atoms with Crippen LogP contribution in [0.4, 0.5) is 0 Å². The number of aromatic nitrogens is 2. The molecule has 2 unspecified atom stereocenters. The Bertz CT molecular complexity index is 325. The summed E-state index contributed by atoms with van der Waals surface area (Å²) in [6.07, 6.45) is 11.9. The number of rotatable bonds is 7. The van der Waals surface area contributed by atoms with Crippen LogP contribution in [0.1, 0.15) is 50.6 Å². The zero-order valence-electron chi connectivity index (χ0n) is 11.1. The molecule has 0 aliphatic carbocycles. The fourth-order valence-electron chi connectivity index (χ4n) is 2.55. The van der Waals surface area contributed by atoms with Crippen LogP contribution in [0.25, 0.3) is 0 Å². The molecule has 2 rings (SSSR count). The lowest BCUT2D eigenvalue weighted by Crippen LogP contribution is -2.21. The van der Waals surface area contributed by atoms with Crippen molar-refractivity contribution in [3.05, 3.63) is 24.3 Å². The first-order valence-corrected chi connectivity index (χ1v) is 7.00. The quantitative estimate of drug-likeness (QED) is 0.806. The number of hydrogen-bond donors (Lipinski definition) is 1. The summed E-state index contributed by atoms with van der Waals surface area (Å²) in [5.41, 5.74) is 1.19. The van der Waals surface area contributed by atoms with Crippen molar-refractivity contribution in [2.24, 2.45) is 0 Å². The summed E-state index contributed by atoms with van der Waals surface area (Å²) in [4.78, 5) is 8.20. The monoisotopic (exact) mass is 249 g/mol. The van der Waals surface area contributed by atoms with Crippen LogP contribution in [0.3, 0.4) is 0 Å². The Labute approximate surface area is 109 Å². The van der Waals surface area contributed by atoms with Crippen molar-refractivity contribution in [2.45, 2.75) is 51.2 Å². The fraction of sp³-hybridized carbons (Fsp3) is 0.714. The highest BCUT2D eigenvalue weighted by Gasteiger charge is 2.16. The summed E-state index contributed by atoms with van der Waals surface area (Å²) in [7, 11) is 0. The van der Waals surface area contributed by atoms with E-state index in [-0.39, 0.29) is 0 Å². The van der Waals surface area contributed by atoms with Gasteiger partial charge in [-0.15, -0.1) is 0 Å². The second-order valence-electron chi connectivity index (χ2n) is 4.85. The normalized spacial score (nSPS) is 21.1. The Morgan fingerprint density at radius 2 is 2.28 bits per heavy atom. The molecule has 0 radical (unpaired) electrons. The minimum atomic E-state index is 0.373.